The van der Waals surface area contributed by atoms with Crippen LogP contribution in [0.5, 0.6) is 0 Å². The van der Waals surface area contributed by atoms with Crippen LogP contribution >= 0.6 is 0 Å². The van der Waals surface area contributed by atoms with Crippen molar-refractivity contribution in [2.24, 2.45) is 0 Å². The maximum atomic E-state index is 11.0. The minimum absolute atomic E-state index is 0.0186. The molecule has 0 bridgehead atoms. The topological polar surface area (TPSA) is 109 Å². The number of benzene rings is 1. The first-order valence-corrected chi connectivity index (χ1v) is 5.85. The Kier molecular flexibility index (Phi) is 3.51. The molecule has 6 nitrogen and oxygen atoms in total. The van der Waals surface area contributed by atoms with Crippen LogP contribution in [0.1, 0.15) is 12.5 Å². The van der Waals surface area contributed by atoms with Crippen molar-refractivity contribution in [3.8, 4) is 0 Å². The molecule has 1 rings (SSSR count). The summed E-state index contributed by atoms with van der Waals surface area (Å²) in [7, 11) is -4.34. The van der Waals surface area contributed by atoms with Gasteiger partial charge in [0.2, 0.25) is 5.91 Å². The summed E-state index contributed by atoms with van der Waals surface area (Å²) in [5.74, 6) is -0.293. The first kappa shape index (κ1) is 12.5. The third kappa shape index (κ3) is 3.21. The zero-order valence-corrected chi connectivity index (χ0v) is 9.41. The van der Waals surface area contributed by atoms with Crippen LogP contribution in [0.2, 0.25) is 0 Å². The van der Waals surface area contributed by atoms with E-state index >= 15 is 0 Å². The first-order valence-electron chi connectivity index (χ1n) is 4.41. The molecule has 0 radical (unpaired) electrons. The Bertz CT molecular complexity index is 510. The molecule has 7 heteroatoms. The Morgan fingerprint density at radius 1 is 1.50 bits per heavy atom. The number of carbonyl (C=O) groups is 1. The highest BCUT2D eigenvalue weighted by molar-refractivity contribution is 7.85. The molecule has 0 aromatic heterocycles. The quantitative estimate of drug-likeness (QED) is 0.518. The molecule has 0 saturated carbocycles. The van der Waals surface area contributed by atoms with Gasteiger partial charge in [-0.15, -0.1) is 0 Å². The second-order valence-corrected chi connectivity index (χ2v) is 4.64. The van der Waals surface area contributed by atoms with Crippen LogP contribution in [0.3, 0.4) is 0 Å². The van der Waals surface area contributed by atoms with Crippen LogP contribution in [0, 0.1) is 0 Å². The van der Waals surface area contributed by atoms with Crippen LogP contribution < -0.4 is 11.1 Å². The minimum atomic E-state index is -4.34. The standard InChI is InChI=1S/C9H12N2O4S/c1-6(12)11-5-7-2-3-8(10)4-9(7)16(13,14)15/h2-4H,5,10H2,1H3,(H,11,12)(H,13,14,15). The van der Waals surface area contributed by atoms with Crippen LogP contribution in [0.15, 0.2) is 23.1 Å². The van der Waals surface area contributed by atoms with Crippen molar-refractivity contribution in [2.45, 2.75) is 18.4 Å². The summed E-state index contributed by atoms with van der Waals surface area (Å²) in [6, 6.07) is 4.08. The number of rotatable bonds is 3. The molecule has 1 aromatic rings. The number of hydrogen-bond donors (Lipinski definition) is 3. The van der Waals surface area contributed by atoms with Gasteiger partial charge in [0.05, 0.1) is 0 Å². The SMILES string of the molecule is CC(=O)NCc1ccc(N)cc1S(=O)(=O)O. The lowest BCUT2D eigenvalue weighted by atomic mass is 10.2. The molecule has 1 aromatic carbocycles. The molecule has 0 aliphatic rings. The van der Waals surface area contributed by atoms with Gasteiger partial charge in [-0.3, -0.25) is 9.35 Å². The largest absolute Gasteiger partial charge is 0.399 e. The lowest BCUT2D eigenvalue weighted by Crippen LogP contribution is -2.20. The fourth-order valence-electron chi connectivity index (χ4n) is 1.18. The number of nitrogens with one attached hydrogen (secondary N) is 1. The molecule has 0 aliphatic heterocycles. The summed E-state index contributed by atoms with van der Waals surface area (Å²) in [4.78, 5) is 10.4. The summed E-state index contributed by atoms with van der Waals surface area (Å²) in [5, 5.41) is 2.44. The van der Waals surface area contributed by atoms with Crippen molar-refractivity contribution in [3.05, 3.63) is 23.8 Å². The van der Waals surface area contributed by atoms with E-state index in [1.54, 1.807) is 0 Å². The number of hydrogen-bond acceptors (Lipinski definition) is 4. The van der Waals surface area contributed by atoms with E-state index in [1.807, 2.05) is 0 Å². The molecular formula is C9H12N2O4S. The number of nitrogens with two attached hydrogens (primary N) is 1. The second-order valence-electron chi connectivity index (χ2n) is 3.25. The summed E-state index contributed by atoms with van der Waals surface area (Å²) < 4.78 is 31.0. The van der Waals surface area contributed by atoms with E-state index in [9.17, 15) is 13.2 Å². The predicted octanol–water partition coefficient (Wildman–Crippen LogP) is 0.152. The van der Waals surface area contributed by atoms with E-state index in [4.69, 9.17) is 10.3 Å². The predicted molar refractivity (Wildman–Crippen MR) is 58.2 cm³/mol. The second kappa shape index (κ2) is 4.50. The summed E-state index contributed by atoms with van der Waals surface area (Å²) in [6.45, 7) is 1.33. The van der Waals surface area contributed by atoms with Gasteiger partial charge in [0.25, 0.3) is 10.1 Å². The van der Waals surface area contributed by atoms with Gasteiger partial charge in [-0.2, -0.15) is 8.42 Å². The Labute approximate surface area is 93.2 Å². The molecule has 4 N–H and O–H groups in total. The zero-order chi connectivity index (χ0) is 12.3. The van der Waals surface area contributed by atoms with Crippen molar-refractivity contribution in [2.75, 3.05) is 5.73 Å². The third-order valence-electron chi connectivity index (χ3n) is 1.90. The maximum absolute atomic E-state index is 11.0. The van der Waals surface area contributed by atoms with Crippen molar-refractivity contribution in [1.82, 2.24) is 5.32 Å². The number of amides is 1. The Hall–Kier alpha value is -1.60. The minimum Gasteiger partial charge on any atom is -0.399 e. The Morgan fingerprint density at radius 2 is 2.12 bits per heavy atom. The van der Waals surface area contributed by atoms with E-state index in [1.165, 1.54) is 19.1 Å². The summed E-state index contributed by atoms with van der Waals surface area (Å²) in [5.41, 5.74) is 5.92. The van der Waals surface area contributed by atoms with Gasteiger partial charge in [0.15, 0.2) is 0 Å². The molecule has 0 unspecified atom stereocenters. The highest BCUT2D eigenvalue weighted by Gasteiger charge is 2.15. The average Bonchev–Trinajstić information content (AvgIpc) is 2.14. The fourth-order valence-corrected chi connectivity index (χ4v) is 1.93. The highest BCUT2D eigenvalue weighted by Crippen LogP contribution is 2.18. The third-order valence-corrected chi connectivity index (χ3v) is 2.83. The molecule has 1 amide bonds. The van der Waals surface area contributed by atoms with Crippen LogP contribution in [0.25, 0.3) is 0 Å². The lowest BCUT2D eigenvalue weighted by Gasteiger charge is -2.08. The molecule has 0 fully saturated rings. The van der Waals surface area contributed by atoms with Crippen molar-refractivity contribution < 1.29 is 17.8 Å². The van der Waals surface area contributed by atoms with E-state index in [0.717, 1.165) is 6.07 Å². The summed E-state index contributed by atoms with van der Waals surface area (Å²) >= 11 is 0. The van der Waals surface area contributed by atoms with E-state index in [-0.39, 0.29) is 28.6 Å². The highest BCUT2D eigenvalue weighted by atomic mass is 32.2. The average molecular weight is 244 g/mol. The van der Waals surface area contributed by atoms with Gasteiger partial charge in [-0.05, 0) is 17.7 Å². The smallest absolute Gasteiger partial charge is 0.294 e. The molecular weight excluding hydrogens is 232 g/mol. The van der Waals surface area contributed by atoms with Crippen molar-refractivity contribution in [3.63, 3.8) is 0 Å². The van der Waals surface area contributed by atoms with Crippen LogP contribution in [0.4, 0.5) is 5.69 Å². The Balaban J connectivity index is 3.13. The van der Waals surface area contributed by atoms with Gasteiger partial charge in [-0.25, -0.2) is 0 Å². The first-order chi connectivity index (χ1) is 7.30. The number of anilines is 1. The maximum Gasteiger partial charge on any atom is 0.294 e. The van der Waals surface area contributed by atoms with Crippen molar-refractivity contribution >= 4 is 21.7 Å². The Morgan fingerprint density at radius 3 is 2.62 bits per heavy atom. The van der Waals surface area contributed by atoms with Crippen LogP contribution in [-0.4, -0.2) is 18.9 Å². The zero-order valence-electron chi connectivity index (χ0n) is 8.60. The molecule has 16 heavy (non-hydrogen) atoms. The fraction of sp³-hybridized carbons (Fsp3) is 0.222. The van der Waals surface area contributed by atoms with E-state index in [2.05, 4.69) is 5.32 Å². The molecule has 88 valence electrons. The van der Waals surface area contributed by atoms with Crippen molar-refractivity contribution in [1.29, 1.82) is 0 Å². The van der Waals surface area contributed by atoms with Gasteiger partial charge in [0.1, 0.15) is 4.90 Å². The monoisotopic (exact) mass is 244 g/mol. The molecule has 0 heterocycles. The summed E-state index contributed by atoms with van der Waals surface area (Å²) in [6.07, 6.45) is 0. The number of nitrogen functional groups attached to an aromatic ring is 1. The van der Waals surface area contributed by atoms with Gasteiger partial charge >= 0.3 is 0 Å². The molecule has 0 aliphatic carbocycles. The van der Waals surface area contributed by atoms with Gasteiger partial charge < -0.3 is 11.1 Å². The van der Waals surface area contributed by atoms with Gasteiger partial charge in [0, 0.05) is 19.2 Å². The van der Waals surface area contributed by atoms with Gasteiger partial charge in [-0.1, -0.05) is 6.07 Å². The lowest BCUT2D eigenvalue weighted by molar-refractivity contribution is -0.119. The molecule has 0 saturated heterocycles. The molecule has 0 atom stereocenters. The van der Waals surface area contributed by atoms with E-state index in [0.29, 0.717) is 0 Å². The normalized spacial score (nSPS) is 11.1. The molecule has 0 spiro atoms. The van der Waals surface area contributed by atoms with E-state index < -0.39 is 10.1 Å². The van der Waals surface area contributed by atoms with Crippen LogP contribution in [-0.2, 0) is 21.5 Å². The number of carbonyl (C=O) groups excluding carboxylic acids is 1.